The number of carbonyl (C=O) groups excluding carboxylic acids is 1. The lowest BCUT2D eigenvalue weighted by molar-refractivity contribution is -0.117. The molecule has 1 aliphatic rings. The topological polar surface area (TPSA) is 70.5 Å². The second-order valence-corrected chi connectivity index (χ2v) is 8.68. The number of nitrogens with one attached hydrogen (secondary N) is 1. The first-order valence-corrected chi connectivity index (χ1v) is 11.3. The van der Waals surface area contributed by atoms with Crippen LogP contribution < -0.4 is 10.2 Å². The molecule has 3 heterocycles. The number of nitrogens with zero attached hydrogens (tertiary/aromatic N) is 4. The van der Waals surface area contributed by atoms with Crippen LogP contribution >= 0.6 is 11.3 Å². The van der Waals surface area contributed by atoms with Crippen LogP contribution in [0.1, 0.15) is 11.1 Å². The van der Waals surface area contributed by atoms with Crippen molar-refractivity contribution >= 4 is 22.9 Å². The number of rotatable bonds is 6. The van der Waals surface area contributed by atoms with E-state index < -0.39 is 0 Å². The molecule has 0 unspecified atom stereocenters. The van der Waals surface area contributed by atoms with Crippen molar-refractivity contribution in [2.24, 2.45) is 0 Å². The normalized spacial score (nSPS) is 15.2. The van der Waals surface area contributed by atoms with Crippen molar-refractivity contribution in [2.45, 2.75) is 20.5 Å². The second kappa shape index (κ2) is 9.55. The number of carbonyl (C=O) groups is 1. The molecule has 1 N–H and O–H groups in total. The molecule has 1 amide bonds. The van der Waals surface area contributed by atoms with Crippen LogP contribution in [-0.4, -0.2) is 58.0 Å². The molecule has 0 atom stereocenters. The zero-order chi connectivity index (χ0) is 21.8. The van der Waals surface area contributed by atoms with Crippen LogP contribution in [0.5, 0.6) is 0 Å². The van der Waals surface area contributed by atoms with Crippen molar-refractivity contribution in [3.8, 4) is 11.4 Å². The maximum absolute atomic E-state index is 12.5. The SMILES string of the molecule is Cc1cccc(NC(=O)CN2CCN(Cn3c(-c4ccccn4)csc3=O)CC2)c1C. The van der Waals surface area contributed by atoms with Gasteiger partial charge in [-0.3, -0.25) is 28.9 Å². The van der Waals surface area contributed by atoms with E-state index in [0.29, 0.717) is 13.2 Å². The lowest BCUT2D eigenvalue weighted by atomic mass is 10.1. The molecule has 0 radical (unpaired) electrons. The standard InChI is InChI=1S/C23H27N5O2S/c1-17-6-5-8-19(18(17)2)25-22(29)14-26-10-12-27(13-11-26)16-28-21(15-31-23(28)30)20-7-3-4-9-24-20/h3-9,15H,10-14,16H2,1-2H3,(H,25,29). The van der Waals surface area contributed by atoms with Crippen LogP contribution in [0, 0.1) is 13.8 Å². The summed E-state index contributed by atoms with van der Waals surface area (Å²) in [5.74, 6) is 0.00800. The van der Waals surface area contributed by atoms with Crippen LogP contribution in [0.2, 0.25) is 0 Å². The molecule has 8 heteroatoms. The molecule has 162 valence electrons. The fourth-order valence-corrected chi connectivity index (χ4v) is 4.49. The van der Waals surface area contributed by atoms with E-state index in [1.165, 1.54) is 16.9 Å². The van der Waals surface area contributed by atoms with Crippen LogP contribution in [0.15, 0.2) is 52.8 Å². The largest absolute Gasteiger partial charge is 0.325 e. The molecule has 3 aromatic rings. The van der Waals surface area contributed by atoms with E-state index in [1.54, 1.807) is 10.8 Å². The summed E-state index contributed by atoms with van der Waals surface area (Å²) in [4.78, 5) is 33.7. The monoisotopic (exact) mass is 437 g/mol. The van der Waals surface area contributed by atoms with Crippen molar-refractivity contribution in [1.82, 2.24) is 19.4 Å². The summed E-state index contributed by atoms with van der Waals surface area (Å²) in [6, 6.07) is 11.7. The number of hydrogen-bond acceptors (Lipinski definition) is 6. The number of amides is 1. The van der Waals surface area contributed by atoms with E-state index in [1.807, 2.05) is 55.6 Å². The molecule has 2 aromatic heterocycles. The first-order valence-electron chi connectivity index (χ1n) is 10.4. The summed E-state index contributed by atoms with van der Waals surface area (Å²) in [6.45, 7) is 8.17. The van der Waals surface area contributed by atoms with Gasteiger partial charge in [-0.15, -0.1) is 0 Å². The van der Waals surface area contributed by atoms with Gasteiger partial charge < -0.3 is 5.32 Å². The van der Waals surface area contributed by atoms with Gasteiger partial charge in [0.25, 0.3) is 0 Å². The van der Waals surface area contributed by atoms with Gasteiger partial charge in [0, 0.05) is 43.4 Å². The Morgan fingerprint density at radius 2 is 1.84 bits per heavy atom. The summed E-state index contributed by atoms with van der Waals surface area (Å²) in [7, 11) is 0. The number of benzene rings is 1. The van der Waals surface area contributed by atoms with Gasteiger partial charge in [-0.1, -0.05) is 29.5 Å². The highest BCUT2D eigenvalue weighted by Gasteiger charge is 2.21. The zero-order valence-corrected chi connectivity index (χ0v) is 18.7. The predicted molar refractivity (Wildman–Crippen MR) is 124 cm³/mol. The van der Waals surface area contributed by atoms with E-state index in [-0.39, 0.29) is 10.8 Å². The Hall–Kier alpha value is -2.81. The fraction of sp³-hybridized carbons (Fsp3) is 0.348. The molecule has 1 saturated heterocycles. The maximum atomic E-state index is 12.5. The van der Waals surface area contributed by atoms with Gasteiger partial charge in [0.1, 0.15) is 0 Å². The minimum Gasteiger partial charge on any atom is -0.325 e. The van der Waals surface area contributed by atoms with E-state index in [4.69, 9.17) is 0 Å². The zero-order valence-electron chi connectivity index (χ0n) is 17.9. The number of thiazole rings is 1. The molecule has 4 rings (SSSR count). The highest BCUT2D eigenvalue weighted by Crippen LogP contribution is 2.19. The Labute approximate surface area is 186 Å². The molecule has 0 spiro atoms. The lowest BCUT2D eigenvalue weighted by Gasteiger charge is -2.34. The Morgan fingerprint density at radius 3 is 2.58 bits per heavy atom. The van der Waals surface area contributed by atoms with E-state index >= 15 is 0 Å². The maximum Gasteiger partial charge on any atom is 0.308 e. The van der Waals surface area contributed by atoms with Crippen molar-refractivity contribution < 1.29 is 4.79 Å². The van der Waals surface area contributed by atoms with Gasteiger partial charge in [0.05, 0.1) is 24.6 Å². The van der Waals surface area contributed by atoms with E-state index in [9.17, 15) is 9.59 Å². The Bertz CT molecular complexity index is 1100. The summed E-state index contributed by atoms with van der Waals surface area (Å²) >= 11 is 1.20. The van der Waals surface area contributed by atoms with Gasteiger partial charge in [-0.25, -0.2) is 0 Å². The minimum absolute atomic E-state index is 0.00800. The molecule has 0 saturated carbocycles. The van der Waals surface area contributed by atoms with Gasteiger partial charge in [0.15, 0.2) is 0 Å². The van der Waals surface area contributed by atoms with Gasteiger partial charge in [-0.2, -0.15) is 0 Å². The van der Waals surface area contributed by atoms with Crippen molar-refractivity contribution in [3.05, 3.63) is 68.8 Å². The predicted octanol–water partition coefficient (Wildman–Crippen LogP) is 2.80. The third-order valence-electron chi connectivity index (χ3n) is 5.76. The van der Waals surface area contributed by atoms with Gasteiger partial charge in [0.2, 0.25) is 5.91 Å². The fourth-order valence-electron chi connectivity index (χ4n) is 3.75. The molecular weight excluding hydrogens is 410 g/mol. The molecule has 7 nitrogen and oxygen atoms in total. The Kier molecular flexibility index (Phi) is 6.60. The number of anilines is 1. The molecule has 0 bridgehead atoms. The van der Waals surface area contributed by atoms with Crippen molar-refractivity contribution in [2.75, 3.05) is 38.0 Å². The average molecular weight is 438 g/mol. The highest BCUT2D eigenvalue weighted by molar-refractivity contribution is 7.07. The lowest BCUT2D eigenvalue weighted by Crippen LogP contribution is -2.49. The first-order chi connectivity index (χ1) is 15.0. The smallest absolute Gasteiger partial charge is 0.308 e. The van der Waals surface area contributed by atoms with E-state index in [2.05, 4.69) is 20.1 Å². The van der Waals surface area contributed by atoms with Gasteiger partial charge >= 0.3 is 4.87 Å². The number of aromatic nitrogens is 2. The number of aryl methyl sites for hydroxylation is 1. The molecule has 0 aliphatic carbocycles. The number of piperazine rings is 1. The third kappa shape index (κ3) is 5.10. The molecule has 1 fully saturated rings. The molecular formula is C23H27N5O2S. The Morgan fingerprint density at radius 1 is 1.06 bits per heavy atom. The Balaban J connectivity index is 1.32. The molecule has 1 aromatic carbocycles. The summed E-state index contributed by atoms with van der Waals surface area (Å²) in [5.41, 5.74) is 4.81. The number of pyridine rings is 1. The van der Waals surface area contributed by atoms with Crippen LogP contribution in [0.25, 0.3) is 11.4 Å². The number of hydrogen-bond donors (Lipinski definition) is 1. The summed E-state index contributed by atoms with van der Waals surface area (Å²) in [5, 5.41) is 4.91. The summed E-state index contributed by atoms with van der Waals surface area (Å²) < 4.78 is 1.79. The van der Waals surface area contributed by atoms with Crippen LogP contribution in [0.4, 0.5) is 5.69 Å². The molecule has 1 aliphatic heterocycles. The van der Waals surface area contributed by atoms with E-state index in [0.717, 1.165) is 48.8 Å². The average Bonchev–Trinajstić information content (AvgIpc) is 3.13. The quantitative estimate of drug-likeness (QED) is 0.642. The van der Waals surface area contributed by atoms with Crippen molar-refractivity contribution in [3.63, 3.8) is 0 Å². The van der Waals surface area contributed by atoms with Crippen LogP contribution in [-0.2, 0) is 11.5 Å². The third-order valence-corrected chi connectivity index (χ3v) is 6.53. The first kappa shape index (κ1) is 21.4. The van der Waals surface area contributed by atoms with Crippen LogP contribution in [0.3, 0.4) is 0 Å². The summed E-state index contributed by atoms with van der Waals surface area (Å²) in [6.07, 6.45) is 1.74. The minimum atomic E-state index is 0.00800. The highest BCUT2D eigenvalue weighted by atomic mass is 32.1. The van der Waals surface area contributed by atoms with Crippen molar-refractivity contribution in [1.29, 1.82) is 0 Å². The second-order valence-electron chi connectivity index (χ2n) is 7.86. The van der Waals surface area contributed by atoms with Gasteiger partial charge in [-0.05, 0) is 43.2 Å². The molecule has 31 heavy (non-hydrogen) atoms.